The van der Waals surface area contributed by atoms with Crippen molar-refractivity contribution in [1.29, 1.82) is 0 Å². The van der Waals surface area contributed by atoms with E-state index in [4.69, 9.17) is 4.74 Å². The van der Waals surface area contributed by atoms with Crippen molar-refractivity contribution in [2.24, 2.45) is 0 Å². The third-order valence-electron chi connectivity index (χ3n) is 4.47. The first-order valence-corrected chi connectivity index (χ1v) is 9.37. The first-order valence-electron chi connectivity index (χ1n) is 9.37. The van der Waals surface area contributed by atoms with E-state index in [-0.39, 0.29) is 19.0 Å². The number of allylic oxidation sites excluding steroid dienone is 1. The van der Waals surface area contributed by atoms with Crippen LogP contribution in [0.15, 0.2) is 70.8 Å². The zero-order chi connectivity index (χ0) is 20.8. The van der Waals surface area contributed by atoms with Crippen LogP contribution >= 0.6 is 0 Å². The summed E-state index contributed by atoms with van der Waals surface area (Å²) in [6.07, 6.45) is 1.56. The van der Waals surface area contributed by atoms with Crippen LogP contribution in [0.5, 0.6) is 5.75 Å². The topological polar surface area (TPSA) is 82.3 Å². The number of ether oxygens (including phenoxy) is 1. The highest BCUT2D eigenvalue weighted by molar-refractivity contribution is 5.80. The minimum Gasteiger partial charge on any atom is -0.494 e. The number of hydrogen-bond donors (Lipinski definition) is 1. The number of carbonyl (C=O) groups excluding carboxylic acids is 1. The Morgan fingerprint density at radius 1 is 1.03 bits per heavy atom. The largest absolute Gasteiger partial charge is 0.494 e. The highest BCUT2D eigenvalue weighted by Gasteiger charge is 2.14. The average Bonchev–Trinajstić information content (AvgIpc) is 2.74. The van der Waals surface area contributed by atoms with Crippen LogP contribution in [0.3, 0.4) is 0 Å². The van der Waals surface area contributed by atoms with E-state index in [0.717, 1.165) is 11.3 Å². The lowest BCUT2D eigenvalue weighted by Crippen LogP contribution is -2.43. The third kappa shape index (κ3) is 4.45. The summed E-state index contributed by atoms with van der Waals surface area (Å²) in [5.74, 6) is 0.410. The monoisotopic (exact) mass is 393 g/mol. The molecule has 29 heavy (non-hydrogen) atoms. The predicted molar refractivity (Wildman–Crippen MR) is 112 cm³/mol. The molecule has 0 atom stereocenters. The van der Waals surface area contributed by atoms with Crippen molar-refractivity contribution in [1.82, 2.24) is 14.5 Å². The van der Waals surface area contributed by atoms with Crippen molar-refractivity contribution >= 4 is 16.9 Å². The van der Waals surface area contributed by atoms with E-state index in [0.29, 0.717) is 24.2 Å². The molecular formula is C22H23N3O4. The van der Waals surface area contributed by atoms with Crippen LogP contribution in [0.4, 0.5) is 0 Å². The van der Waals surface area contributed by atoms with Crippen molar-refractivity contribution in [3.8, 4) is 5.75 Å². The summed E-state index contributed by atoms with van der Waals surface area (Å²) in [5, 5.41) is 2.79. The van der Waals surface area contributed by atoms with Crippen molar-refractivity contribution in [2.45, 2.75) is 26.6 Å². The van der Waals surface area contributed by atoms with Crippen molar-refractivity contribution in [2.75, 3.05) is 6.61 Å². The molecule has 1 amide bonds. The Morgan fingerprint density at radius 2 is 1.66 bits per heavy atom. The van der Waals surface area contributed by atoms with Gasteiger partial charge in [-0.05, 0) is 36.8 Å². The fourth-order valence-electron chi connectivity index (χ4n) is 3.11. The lowest BCUT2D eigenvalue weighted by molar-refractivity contribution is -0.121. The second kappa shape index (κ2) is 9.05. The zero-order valence-electron chi connectivity index (χ0n) is 16.3. The van der Waals surface area contributed by atoms with Crippen LogP contribution in [-0.4, -0.2) is 21.6 Å². The van der Waals surface area contributed by atoms with E-state index >= 15 is 0 Å². The van der Waals surface area contributed by atoms with Gasteiger partial charge in [0.1, 0.15) is 12.3 Å². The number of nitrogens with one attached hydrogen (secondary N) is 1. The standard InChI is InChI=1S/C22H23N3O4/c1-3-13-24-18-7-5-6-8-19(18)25(22(28)21(24)27)15-20(26)23-14-16-9-11-17(12-10-16)29-4-2/h3,5-12H,1,4,13-15H2,2H3,(H,23,26). The quantitative estimate of drug-likeness (QED) is 0.469. The fourth-order valence-corrected chi connectivity index (χ4v) is 3.11. The minimum absolute atomic E-state index is 0.222. The SMILES string of the molecule is C=CCn1c(=O)c(=O)n(CC(=O)NCc2ccc(OCC)cc2)c2ccccc21. The van der Waals surface area contributed by atoms with Crippen LogP contribution in [0.2, 0.25) is 0 Å². The van der Waals surface area contributed by atoms with Crippen molar-refractivity contribution in [3.63, 3.8) is 0 Å². The molecule has 0 spiro atoms. The summed E-state index contributed by atoms with van der Waals surface area (Å²) in [6, 6.07) is 14.4. The van der Waals surface area contributed by atoms with Gasteiger partial charge in [-0.2, -0.15) is 0 Å². The maximum Gasteiger partial charge on any atom is 0.317 e. The molecular weight excluding hydrogens is 370 g/mol. The molecule has 0 fully saturated rings. The normalized spacial score (nSPS) is 10.7. The first kappa shape index (κ1) is 20.1. The van der Waals surface area contributed by atoms with E-state index in [1.807, 2.05) is 31.2 Å². The number of aromatic nitrogens is 2. The molecule has 7 nitrogen and oxygen atoms in total. The van der Waals surface area contributed by atoms with Gasteiger partial charge in [0.05, 0.1) is 17.6 Å². The van der Waals surface area contributed by atoms with Crippen LogP contribution in [0.25, 0.3) is 11.0 Å². The van der Waals surface area contributed by atoms with E-state index in [1.54, 1.807) is 30.3 Å². The highest BCUT2D eigenvalue weighted by Crippen LogP contribution is 2.12. The zero-order valence-corrected chi connectivity index (χ0v) is 16.3. The number of nitrogens with zero attached hydrogens (tertiary/aromatic N) is 2. The Morgan fingerprint density at radius 3 is 2.28 bits per heavy atom. The van der Waals surface area contributed by atoms with Gasteiger partial charge in [0.25, 0.3) is 0 Å². The van der Waals surface area contributed by atoms with Crippen LogP contribution in [0.1, 0.15) is 12.5 Å². The Bertz CT molecular complexity index is 1140. The Labute approximate surface area is 167 Å². The first-order chi connectivity index (χ1) is 14.0. The van der Waals surface area contributed by atoms with Gasteiger partial charge in [-0.25, -0.2) is 0 Å². The summed E-state index contributed by atoms with van der Waals surface area (Å²) < 4.78 is 7.97. The molecule has 150 valence electrons. The summed E-state index contributed by atoms with van der Waals surface area (Å²) in [7, 11) is 0. The van der Waals surface area contributed by atoms with Crippen LogP contribution in [0, 0.1) is 0 Å². The highest BCUT2D eigenvalue weighted by atomic mass is 16.5. The molecule has 3 aromatic rings. The molecule has 0 saturated carbocycles. The van der Waals surface area contributed by atoms with E-state index < -0.39 is 11.1 Å². The molecule has 1 heterocycles. The van der Waals surface area contributed by atoms with Gasteiger partial charge in [0.15, 0.2) is 0 Å². The van der Waals surface area contributed by atoms with Gasteiger partial charge in [-0.15, -0.1) is 6.58 Å². The molecule has 0 saturated heterocycles. The summed E-state index contributed by atoms with van der Waals surface area (Å²) in [4.78, 5) is 37.5. The predicted octanol–water partition coefficient (Wildman–Crippen LogP) is 2.06. The molecule has 7 heteroatoms. The Kier molecular flexibility index (Phi) is 6.29. The number of fused-ring (bicyclic) bond motifs is 1. The van der Waals surface area contributed by atoms with Crippen molar-refractivity contribution < 1.29 is 9.53 Å². The molecule has 0 bridgehead atoms. The number of rotatable bonds is 8. The Balaban J connectivity index is 1.81. The summed E-state index contributed by atoms with van der Waals surface area (Å²) >= 11 is 0. The van der Waals surface area contributed by atoms with Gasteiger partial charge >= 0.3 is 11.1 Å². The number of benzene rings is 2. The lowest BCUT2D eigenvalue weighted by atomic mass is 10.2. The van der Waals surface area contributed by atoms with Gasteiger partial charge in [-0.3, -0.25) is 23.5 Å². The van der Waals surface area contributed by atoms with Gasteiger partial charge in [0, 0.05) is 13.1 Å². The average molecular weight is 393 g/mol. The van der Waals surface area contributed by atoms with Crippen molar-refractivity contribution in [3.05, 3.63) is 87.5 Å². The van der Waals surface area contributed by atoms with Crippen LogP contribution in [-0.2, 0) is 24.4 Å². The summed E-state index contributed by atoms with van der Waals surface area (Å²) in [5.41, 5.74) is 0.594. The molecule has 3 rings (SSSR count). The molecule has 0 aliphatic carbocycles. The molecule has 0 aliphatic heterocycles. The maximum absolute atomic E-state index is 12.6. The second-order valence-corrected chi connectivity index (χ2v) is 6.44. The molecule has 1 aromatic heterocycles. The van der Waals surface area contributed by atoms with Gasteiger partial charge < -0.3 is 10.1 Å². The number of para-hydroxylation sites is 2. The van der Waals surface area contributed by atoms with Gasteiger partial charge in [0.2, 0.25) is 5.91 Å². The van der Waals surface area contributed by atoms with Gasteiger partial charge in [-0.1, -0.05) is 30.3 Å². The van der Waals surface area contributed by atoms with Crippen LogP contribution < -0.4 is 21.2 Å². The Hall–Kier alpha value is -3.61. The maximum atomic E-state index is 12.6. The fraction of sp³-hybridized carbons (Fsp3) is 0.227. The smallest absolute Gasteiger partial charge is 0.317 e. The third-order valence-corrected chi connectivity index (χ3v) is 4.47. The molecule has 0 aliphatic rings. The van der Waals surface area contributed by atoms with E-state index in [2.05, 4.69) is 11.9 Å². The summed E-state index contributed by atoms with van der Waals surface area (Å²) in [6.45, 7) is 6.43. The second-order valence-electron chi connectivity index (χ2n) is 6.44. The minimum atomic E-state index is -0.734. The lowest BCUT2D eigenvalue weighted by Gasteiger charge is -2.14. The molecule has 1 N–H and O–H groups in total. The molecule has 0 unspecified atom stereocenters. The number of amides is 1. The number of hydrogen-bond acceptors (Lipinski definition) is 4. The molecule has 2 aromatic carbocycles. The molecule has 0 radical (unpaired) electrons. The van der Waals surface area contributed by atoms with E-state index in [1.165, 1.54) is 9.13 Å². The van der Waals surface area contributed by atoms with E-state index in [9.17, 15) is 14.4 Å². The number of carbonyl (C=O) groups is 1.